The fourth-order valence-corrected chi connectivity index (χ4v) is 3.28. The van der Waals surface area contributed by atoms with Crippen LogP contribution in [0.4, 0.5) is 4.79 Å². The van der Waals surface area contributed by atoms with E-state index in [0.717, 1.165) is 0 Å². The van der Waals surface area contributed by atoms with Gasteiger partial charge in [-0.25, -0.2) is 4.79 Å². The van der Waals surface area contributed by atoms with Gasteiger partial charge in [-0.3, -0.25) is 4.79 Å². The number of aryl methyl sites for hydroxylation is 1. The van der Waals surface area contributed by atoms with Gasteiger partial charge >= 0.3 is 6.09 Å². The quantitative estimate of drug-likeness (QED) is 0.728. The highest BCUT2D eigenvalue weighted by Gasteiger charge is 2.33. The maximum Gasteiger partial charge on any atom is 0.407 e. The summed E-state index contributed by atoms with van der Waals surface area (Å²) < 4.78 is 5.73. The maximum absolute atomic E-state index is 12.4. The molecule has 0 bridgehead atoms. The van der Waals surface area contributed by atoms with Crippen LogP contribution in [0.1, 0.15) is 28.2 Å². The zero-order valence-electron chi connectivity index (χ0n) is 12.7. The highest BCUT2D eigenvalue weighted by Crippen LogP contribution is 2.24. The minimum atomic E-state index is -1.00. The van der Waals surface area contributed by atoms with E-state index in [1.54, 1.807) is 6.92 Å². The van der Waals surface area contributed by atoms with E-state index in [1.807, 2.05) is 6.07 Å². The van der Waals surface area contributed by atoms with Crippen molar-refractivity contribution in [2.45, 2.75) is 25.5 Å². The fourth-order valence-electron chi connectivity index (χ4n) is 2.62. The van der Waals surface area contributed by atoms with E-state index in [4.69, 9.17) is 15.1 Å². The molecule has 0 radical (unpaired) electrons. The van der Waals surface area contributed by atoms with Gasteiger partial charge in [0.2, 0.25) is 0 Å². The molecule has 2 heterocycles. The molecule has 2 atom stereocenters. The molecule has 0 saturated carbocycles. The Kier molecular flexibility index (Phi) is 5.28. The number of aromatic nitrogens is 1. The van der Waals surface area contributed by atoms with Crippen LogP contribution < -0.4 is 5.32 Å². The first-order chi connectivity index (χ1) is 10.9. The van der Waals surface area contributed by atoms with Crippen LogP contribution in [0.3, 0.4) is 0 Å². The highest BCUT2D eigenvalue weighted by molar-refractivity contribution is 9.10. The van der Waals surface area contributed by atoms with E-state index < -0.39 is 12.2 Å². The number of ether oxygens (including phenoxy) is 1. The third kappa shape index (κ3) is 3.48. The van der Waals surface area contributed by atoms with E-state index in [1.165, 1.54) is 12.0 Å². The number of nitrogens with one attached hydrogen (secondary N) is 2. The summed E-state index contributed by atoms with van der Waals surface area (Å²) >= 11 is 3.26. The minimum absolute atomic E-state index is 0.200. The standard InChI is InChI=1S/C14H17BrN4O4/c1-7-8(5-16)11(15)12(17-7)13(20)18-9-3-4-19(14(21)22)6-10(9)23-2/h9-10,17H,3-4,6H2,1-2H3,(H,18,20)(H,21,22)/t9-,10+/m1/s1. The van der Waals surface area contributed by atoms with E-state index >= 15 is 0 Å². The normalized spacial score (nSPS) is 20.9. The lowest BCUT2D eigenvalue weighted by molar-refractivity contribution is 0.0101. The fraction of sp³-hybridized carbons (Fsp3) is 0.500. The molecular weight excluding hydrogens is 368 g/mol. The summed E-state index contributed by atoms with van der Waals surface area (Å²) in [5.74, 6) is -0.364. The number of carbonyl (C=O) groups excluding carboxylic acids is 1. The molecule has 0 aliphatic carbocycles. The molecule has 1 saturated heterocycles. The number of aromatic amines is 1. The average Bonchev–Trinajstić information content (AvgIpc) is 2.81. The molecule has 1 aromatic heterocycles. The van der Waals surface area contributed by atoms with Gasteiger partial charge in [-0.1, -0.05) is 0 Å². The average molecular weight is 385 g/mol. The van der Waals surface area contributed by atoms with Crippen molar-refractivity contribution < 1.29 is 19.4 Å². The van der Waals surface area contributed by atoms with E-state index in [2.05, 4.69) is 26.2 Å². The number of nitrogens with zero attached hydrogens (tertiary/aromatic N) is 2. The molecule has 0 spiro atoms. The second-order valence-electron chi connectivity index (χ2n) is 5.30. The number of hydrogen-bond donors (Lipinski definition) is 3. The third-order valence-electron chi connectivity index (χ3n) is 3.91. The molecule has 1 aliphatic heterocycles. The van der Waals surface area contributed by atoms with Gasteiger partial charge in [-0.05, 0) is 29.3 Å². The van der Waals surface area contributed by atoms with Crippen LogP contribution in [0.2, 0.25) is 0 Å². The van der Waals surface area contributed by atoms with E-state index in [-0.39, 0.29) is 24.2 Å². The molecular formula is C14H17BrN4O4. The second kappa shape index (κ2) is 7.02. The van der Waals surface area contributed by atoms with Gasteiger partial charge in [-0.15, -0.1) is 0 Å². The SMILES string of the molecule is CO[C@H]1CN(C(=O)O)CC[C@H]1NC(=O)c1[nH]c(C)c(C#N)c1Br. The van der Waals surface area contributed by atoms with Crippen LogP contribution in [0.15, 0.2) is 4.47 Å². The molecule has 1 aromatic rings. The van der Waals surface area contributed by atoms with Crippen molar-refractivity contribution in [3.63, 3.8) is 0 Å². The summed E-state index contributed by atoms with van der Waals surface area (Å²) in [5, 5.41) is 20.9. The van der Waals surface area contributed by atoms with Crippen molar-refractivity contribution in [1.29, 1.82) is 5.26 Å². The Hall–Kier alpha value is -2.05. The first-order valence-electron chi connectivity index (χ1n) is 6.98. The van der Waals surface area contributed by atoms with E-state index in [9.17, 15) is 9.59 Å². The molecule has 3 N–H and O–H groups in total. The molecule has 23 heavy (non-hydrogen) atoms. The number of H-pyrrole nitrogens is 1. The Balaban J connectivity index is 2.11. The smallest absolute Gasteiger partial charge is 0.407 e. The number of methoxy groups -OCH3 is 1. The number of carbonyl (C=O) groups is 2. The molecule has 0 aromatic carbocycles. The summed E-state index contributed by atoms with van der Waals surface area (Å²) in [5.41, 5.74) is 1.27. The summed E-state index contributed by atoms with van der Waals surface area (Å²) in [6.07, 6.45) is -0.966. The topological polar surface area (TPSA) is 118 Å². The summed E-state index contributed by atoms with van der Waals surface area (Å²) in [4.78, 5) is 27.6. The zero-order valence-corrected chi connectivity index (χ0v) is 14.3. The maximum atomic E-state index is 12.4. The Labute approximate surface area is 141 Å². The molecule has 2 rings (SSSR count). The molecule has 2 amide bonds. The van der Waals surface area contributed by atoms with Gasteiger partial charge in [-0.2, -0.15) is 5.26 Å². The lowest BCUT2D eigenvalue weighted by atomic mass is 10.0. The third-order valence-corrected chi connectivity index (χ3v) is 4.71. The number of amides is 2. The van der Waals surface area contributed by atoms with Crippen molar-refractivity contribution in [2.75, 3.05) is 20.2 Å². The largest absolute Gasteiger partial charge is 0.465 e. The number of nitriles is 1. The van der Waals surface area contributed by atoms with Gasteiger partial charge in [0.1, 0.15) is 11.8 Å². The Morgan fingerprint density at radius 1 is 1.57 bits per heavy atom. The number of piperidine rings is 1. The van der Waals surface area contributed by atoms with Gasteiger partial charge in [0.05, 0.1) is 28.7 Å². The van der Waals surface area contributed by atoms with Crippen LogP contribution in [0, 0.1) is 18.3 Å². The Morgan fingerprint density at radius 2 is 2.26 bits per heavy atom. The first kappa shape index (κ1) is 17.3. The molecule has 9 heteroatoms. The Morgan fingerprint density at radius 3 is 2.78 bits per heavy atom. The van der Waals surface area contributed by atoms with Gasteiger partial charge in [0.15, 0.2) is 0 Å². The van der Waals surface area contributed by atoms with Gasteiger partial charge in [0.25, 0.3) is 5.91 Å². The molecule has 0 unspecified atom stereocenters. The van der Waals surface area contributed by atoms with Gasteiger partial charge < -0.3 is 25.0 Å². The summed E-state index contributed by atoms with van der Waals surface area (Å²) in [6.45, 7) is 2.24. The second-order valence-corrected chi connectivity index (χ2v) is 6.09. The van der Waals surface area contributed by atoms with Crippen molar-refractivity contribution >= 4 is 27.9 Å². The number of carboxylic acid groups (broad SMARTS) is 1. The molecule has 124 valence electrons. The molecule has 8 nitrogen and oxygen atoms in total. The predicted octanol–water partition coefficient (Wildman–Crippen LogP) is 1.45. The number of rotatable bonds is 3. The Bertz CT molecular complexity index is 666. The van der Waals surface area contributed by atoms with Crippen LogP contribution in [0.5, 0.6) is 0 Å². The van der Waals surface area contributed by atoms with Crippen molar-refractivity contribution in [3.05, 3.63) is 21.4 Å². The molecule has 1 fully saturated rings. The van der Waals surface area contributed by atoms with Crippen LogP contribution in [0.25, 0.3) is 0 Å². The zero-order chi connectivity index (χ0) is 17.1. The number of likely N-dealkylation sites (tertiary alicyclic amines) is 1. The number of halogens is 1. The van der Waals surface area contributed by atoms with E-state index in [0.29, 0.717) is 28.7 Å². The number of hydrogen-bond acceptors (Lipinski definition) is 4. The van der Waals surface area contributed by atoms with Crippen molar-refractivity contribution in [3.8, 4) is 6.07 Å². The first-order valence-corrected chi connectivity index (χ1v) is 7.78. The predicted molar refractivity (Wildman–Crippen MR) is 84.2 cm³/mol. The monoisotopic (exact) mass is 384 g/mol. The van der Waals surface area contributed by atoms with Crippen LogP contribution >= 0.6 is 15.9 Å². The lowest BCUT2D eigenvalue weighted by Crippen LogP contribution is -2.55. The summed E-state index contributed by atoms with van der Waals surface area (Å²) in [7, 11) is 1.48. The minimum Gasteiger partial charge on any atom is -0.465 e. The molecule has 1 aliphatic rings. The highest BCUT2D eigenvalue weighted by atomic mass is 79.9. The van der Waals surface area contributed by atoms with Crippen molar-refractivity contribution in [1.82, 2.24) is 15.2 Å². The van der Waals surface area contributed by atoms with Crippen LogP contribution in [-0.2, 0) is 4.74 Å². The van der Waals surface area contributed by atoms with Crippen molar-refractivity contribution in [2.24, 2.45) is 0 Å². The summed E-state index contributed by atoms with van der Waals surface area (Å²) in [6, 6.07) is 1.72. The van der Waals surface area contributed by atoms with Crippen LogP contribution in [-0.4, -0.2) is 59.3 Å². The van der Waals surface area contributed by atoms with Gasteiger partial charge in [0, 0.05) is 19.3 Å². The lowest BCUT2D eigenvalue weighted by Gasteiger charge is -2.36.